The smallest absolute Gasteiger partial charge is 0.193 e. The summed E-state index contributed by atoms with van der Waals surface area (Å²) in [4.78, 5) is 31.5. The first kappa shape index (κ1) is 61.7. The summed E-state index contributed by atoms with van der Waals surface area (Å²) in [5, 5.41) is 0. The van der Waals surface area contributed by atoms with Crippen LogP contribution in [0.5, 0.6) is 0 Å². The predicted molar refractivity (Wildman–Crippen MR) is 417 cm³/mol. The first-order valence-electron chi connectivity index (χ1n) is 34.0. The molecule has 0 fully saturated rings. The highest BCUT2D eigenvalue weighted by molar-refractivity contribution is 6.13. The molecule has 100 heavy (non-hydrogen) atoms. The van der Waals surface area contributed by atoms with Crippen molar-refractivity contribution in [3.8, 4) is 145 Å². The number of carbonyl (C=O) groups excluding carboxylic acids is 2. The molecule has 2 heteroatoms. The summed E-state index contributed by atoms with van der Waals surface area (Å²) >= 11 is 0. The summed E-state index contributed by atoms with van der Waals surface area (Å²) in [6, 6.07) is 139. The largest absolute Gasteiger partial charge is 0.289 e. The number of ketones is 2. The Bertz CT molecular complexity index is 5470. The van der Waals surface area contributed by atoms with Crippen LogP contribution in [-0.2, 0) is 0 Å². The summed E-state index contributed by atoms with van der Waals surface area (Å²) < 4.78 is 0. The molecule has 0 radical (unpaired) electrons. The van der Waals surface area contributed by atoms with E-state index in [1.54, 1.807) is 0 Å². The molecule has 2 nitrogen and oxygen atoms in total. The number of hydrogen-bond donors (Lipinski definition) is 0. The van der Waals surface area contributed by atoms with Gasteiger partial charge in [-0.15, -0.1) is 0 Å². The van der Waals surface area contributed by atoms with Crippen molar-refractivity contribution in [2.75, 3.05) is 0 Å². The molecule has 470 valence electrons. The zero-order chi connectivity index (χ0) is 67.1. The van der Waals surface area contributed by atoms with E-state index < -0.39 is 0 Å². The van der Waals surface area contributed by atoms with E-state index in [1.165, 1.54) is 0 Å². The fourth-order valence-corrected chi connectivity index (χ4v) is 14.0. The Morgan fingerprint density at radius 3 is 0.580 bits per heavy atom. The van der Waals surface area contributed by atoms with E-state index in [0.29, 0.717) is 22.3 Å². The third-order valence-corrected chi connectivity index (χ3v) is 19.0. The third kappa shape index (κ3) is 12.9. The van der Waals surface area contributed by atoms with Gasteiger partial charge >= 0.3 is 0 Å². The van der Waals surface area contributed by atoms with Crippen LogP contribution in [0.2, 0.25) is 0 Å². The third-order valence-electron chi connectivity index (χ3n) is 19.0. The standard InChI is InChI=1S/C98H66O2/c99-97(85-56-77(67-28-8-1-9-29-67)54-78(57-85)68-30-10-2-11-31-68)86-58-79(69-32-12-3-13-33-69)55-80(59-86)71-50-48-70(49-51-71)76-52-53-95(96(66-76)75-40-20-7-21-41-75)84-61-83(94-47-27-24-44-91(94)74-38-18-6-19-39-74)64-88(65-84)98(100)87-62-81(92-45-25-22-42-89(92)72-34-14-4-15-35-72)60-82(63-87)93-46-26-23-43-90(93)73-36-16-5-17-37-73/h1-66H. The zero-order valence-electron chi connectivity index (χ0n) is 54.9. The molecule has 0 unspecified atom stereocenters. The minimum Gasteiger partial charge on any atom is -0.289 e. The van der Waals surface area contributed by atoms with Crippen LogP contribution < -0.4 is 0 Å². The fraction of sp³-hybridized carbons (Fsp3) is 0. The lowest BCUT2D eigenvalue weighted by atomic mass is 9.85. The van der Waals surface area contributed by atoms with E-state index in [2.05, 4.69) is 303 Å². The average Bonchev–Trinajstić information content (AvgIpc) is 0.777. The molecule has 0 aliphatic heterocycles. The Morgan fingerprint density at radius 2 is 0.300 bits per heavy atom. The van der Waals surface area contributed by atoms with Crippen molar-refractivity contribution in [1.82, 2.24) is 0 Å². The van der Waals surface area contributed by atoms with Gasteiger partial charge in [-0.3, -0.25) is 9.59 Å². The van der Waals surface area contributed by atoms with E-state index >= 15 is 9.59 Å². The summed E-state index contributed by atoms with van der Waals surface area (Å²) in [7, 11) is 0. The highest BCUT2D eigenvalue weighted by Crippen LogP contribution is 2.44. The Hall–Kier alpha value is -13.1. The molecule has 16 aromatic carbocycles. The van der Waals surface area contributed by atoms with Crippen molar-refractivity contribution >= 4 is 11.6 Å². The number of hydrogen-bond acceptors (Lipinski definition) is 2. The molecule has 0 saturated heterocycles. The van der Waals surface area contributed by atoms with Crippen molar-refractivity contribution in [3.05, 3.63) is 423 Å². The van der Waals surface area contributed by atoms with Gasteiger partial charge in [0.25, 0.3) is 0 Å². The van der Waals surface area contributed by atoms with Crippen molar-refractivity contribution in [2.24, 2.45) is 0 Å². The monoisotopic (exact) mass is 1270 g/mol. The maximum atomic E-state index is 16.3. The second-order valence-electron chi connectivity index (χ2n) is 25.4. The van der Waals surface area contributed by atoms with Crippen molar-refractivity contribution in [1.29, 1.82) is 0 Å². The van der Waals surface area contributed by atoms with Gasteiger partial charge in [-0.2, -0.15) is 0 Å². The lowest BCUT2D eigenvalue weighted by Gasteiger charge is -2.18. The van der Waals surface area contributed by atoms with Gasteiger partial charge in [0.2, 0.25) is 0 Å². The molecule has 16 rings (SSSR count). The van der Waals surface area contributed by atoms with E-state index in [9.17, 15) is 0 Å². The van der Waals surface area contributed by atoms with Crippen molar-refractivity contribution in [2.45, 2.75) is 0 Å². The Labute approximate surface area is 584 Å². The minimum absolute atomic E-state index is 0.0497. The van der Waals surface area contributed by atoms with Crippen LogP contribution >= 0.6 is 0 Å². The first-order valence-corrected chi connectivity index (χ1v) is 34.0. The van der Waals surface area contributed by atoms with Gasteiger partial charge in [-0.25, -0.2) is 0 Å². The predicted octanol–water partition coefficient (Wildman–Crippen LogP) is 25.8. The lowest BCUT2D eigenvalue weighted by molar-refractivity contribution is 0.103. The summed E-state index contributed by atoms with van der Waals surface area (Å²) in [6.07, 6.45) is 0. The van der Waals surface area contributed by atoms with Gasteiger partial charge in [-0.1, -0.05) is 322 Å². The molecule has 0 aromatic heterocycles. The lowest BCUT2D eigenvalue weighted by Crippen LogP contribution is -2.04. The van der Waals surface area contributed by atoms with E-state index in [-0.39, 0.29) is 11.6 Å². The van der Waals surface area contributed by atoms with Crippen LogP contribution in [0.25, 0.3) is 145 Å². The second kappa shape index (κ2) is 27.9. The number of rotatable bonds is 17. The van der Waals surface area contributed by atoms with E-state index in [1.807, 2.05) is 97.1 Å². The molecular formula is C98H66O2. The maximum Gasteiger partial charge on any atom is 0.193 e. The molecule has 0 spiro atoms. The molecule has 0 aliphatic rings. The summed E-state index contributed by atoms with van der Waals surface area (Å²) in [5.74, 6) is -0.137. The molecular weight excluding hydrogens is 1210 g/mol. The van der Waals surface area contributed by atoms with Crippen LogP contribution in [-0.4, -0.2) is 11.6 Å². The van der Waals surface area contributed by atoms with Gasteiger partial charge in [0.15, 0.2) is 11.6 Å². The summed E-state index contributed by atoms with van der Waals surface area (Å²) in [6.45, 7) is 0. The molecule has 0 heterocycles. The maximum absolute atomic E-state index is 16.3. The minimum atomic E-state index is -0.0870. The molecule has 0 saturated carbocycles. The van der Waals surface area contributed by atoms with Gasteiger partial charge < -0.3 is 0 Å². The van der Waals surface area contributed by atoms with E-state index in [4.69, 9.17) is 0 Å². The van der Waals surface area contributed by atoms with Gasteiger partial charge in [-0.05, 0) is 224 Å². The van der Waals surface area contributed by atoms with Crippen LogP contribution in [0.15, 0.2) is 400 Å². The number of carbonyl (C=O) groups is 2. The van der Waals surface area contributed by atoms with Crippen LogP contribution in [0.1, 0.15) is 31.8 Å². The SMILES string of the molecule is O=C(c1cc(-c2ccccc2)cc(-c2ccccc2)c1)c1cc(-c2ccccc2)cc(-c2ccc(-c3ccc(-c4cc(C(=O)c5cc(-c6ccccc6-c6ccccc6)cc(-c6ccccc6-c6ccccc6)c5)cc(-c5ccccc5-c5ccccc5)c4)c(-c4ccccc4)c3)cc2)c1. The molecule has 16 aromatic rings. The Kier molecular flexibility index (Phi) is 17.2. The normalized spacial score (nSPS) is 11.1. The topological polar surface area (TPSA) is 34.1 Å². The van der Waals surface area contributed by atoms with Crippen molar-refractivity contribution < 1.29 is 9.59 Å². The van der Waals surface area contributed by atoms with Gasteiger partial charge in [0, 0.05) is 22.3 Å². The Morgan fingerprint density at radius 1 is 0.120 bits per heavy atom. The highest BCUT2D eigenvalue weighted by Gasteiger charge is 2.23. The quantitative estimate of drug-likeness (QED) is 0.0852. The zero-order valence-corrected chi connectivity index (χ0v) is 54.9. The average molecular weight is 1280 g/mol. The summed E-state index contributed by atoms with van der Waals surface area (Å²) in [5.41, 5.74) is 28.8. The molecule has 0 aliphatic carbocycles. The fourth-order valence-electron chi connectivity index (χ4n) is 14.0. The first-order chi connectivity index (χ1) is 49.4. The van der Waals surface area contributed by atoms with E-state index in [0.717, 1.165) is 145 Å². The highest BCUT2D eigenvalue weighted by atomic mass is 16.1. The van der Waals surface area contributed by atoms with Crippen LogP contribution in [0.4, 0.5) is 0 Å². The molecule has 0 N–H and O–H groups in total. The van der Waals surface area contributed by atoms with Gasteiger partial charge in [0.1, 0.15) is 0 Å². The molecule has 0 amide bonds. The van der Waals surface area contributed by atoms with Gasteiger partial charge in [0.05, 0.1) is 0 Å². The second-order valence-corrected chi connectivity index (χ2v) is 25.4. The van der Waals surface area contributed by atoms with Crippen LogP contribution in [0.3, 0.4) is 0 Å². The van der Waals surface area contributed by atoms with Crippen molar-refractivity contribution in [3.63, 3.8) is 0 Å². The van der Waals surface area contributed by atoms with Crippen LogP contribution in [0, 0.1) is 0 Å². The molecule has 0 atom stereocenters. The number of benzene rings is 16. The molecule has 0 bridgehead atoms. The Balaban J connectivity index is 0.818.